The molecule has 0 aliphatic carbocycles. The molecule has 7 heteroatoms. The van der Waals surface area contributed by atoms with Crippen LogP contribution in [-0.4, -0.2) is 31.7 Å². The molecule has 0 saturated heterocycles. The first kappa shape index (κ1) is 20.4. The molecule has 1 N–H and O–H groups in total. The Morgan fingerprint density at radius 3 is 2.55 bits per heavy atom. The second-order valence-corrected chi connectivity index (χ2v) is 6.78. The first-order valence-electron chi connectivity index (χ1n) is 9.02. The van der Waals surface area contributed by atoms with Gasteiger partial charge in [0.15, 0.2) is 5.13 Å². The number of carbonyl (C=O) groups excluding carboxylic acids is 1. The Hall–Kier alpha value is -3.32. The average Bonchev–Trinajstić information content (AvgIpc) is 3.21. The summed E-state index contributed by atoms with van der Waals surface area (Å²) in [4.78, 5) is 16.7. The monoisotopic (exact) mass is 410 g/mol. The molecule has 3 rings (SSSR count). The molecule has 1 amide bonds. The van der Waals surface area contributed by atoms with Crippen LogP contribution in [0.3, 0.4) is 0 Å². The molecule has 1 heterocycles. The number of nitrogens with one attached hydrogen (secondary N) is 1. The van der Waals surface area contributed by atoms with E-state index in [0.717, 1.165) is 22.6 Å². The van der Waals surface area contributed by atoms with Crippen LogP contribution < -0.4 is 19.5 Å². The van der Waals surface area contributed by atoms with Crippen molar-refractivity contribution in [3.63, 3.8) is 0 Å². The number of thiazole rings is 1. The number of carbonyl (C=O) groups is 1. The summed E-state index contributed by atoms with van der Waals surface area (Å²) in [5.74, 6) is 1.86. The maximum atomic E-state index is 12.3. The number of anilines is 1. The molecule has 0 aliphatic heterocycles. The highest BCUT2D eigenvalue weighted by Gasteiger charge is 2.08. The number of ether oxygens (including phenoxy) is 3. The Labute approximate surface area is 173 Å². The summed E-state index contributed by atoms with van der Waals surface area (Å²) >= 11 is 1.37. The molecule has 0 unspecified atom stereocenters. The zero-order valence-corrected chi connectivity index (χ0v) is 17.3. The number of aromatic nitrogens is 1. The third kappa shape index (κ3) is 5.36. The highest BCUT2D eigenvalue weighted by Crippen LogP contribution is 2.27. The Bertz CT molecular complexity index is 996. The minimum atomic E-state index is -0.268. The number of benzene rings is 2. The minimum absolute atomic E-state index is 0.268. The van der Waals surface area contributed by atoms with Crippen molar-refractivity contribution in [3.8, 4) is 28.5 Å². The van der Waals surface area contributed by atoms with E-state index < -0.39 is 0 Å². The minimum Gasteiger partial charge on any atom is -0.497 e. The molecule has 1 aromatic heterocycles. The van der Waals surface area contributed by atoms with E-state index in [-0.39, 0.29) is 5.91 Å². The van der Waals surface area contributed by atoms with E-state index in [4.69, 9.17) is 14.2 Å². The van der Waals surface area contributed by atoms with Gasteiger partial charge in [-0.25, -0.2) is 4.98 Å². The lowest BCUT2D eigenvalue weighted by Gasteiger charge is -2.07. The predicted molar refractivity (Wildman–Crippen MR) is 116 cm³/mol. The largest absolute Gasteiger partial charge is 0.497 e. The molecular formula is C22H22N2O4S. The van der Waals surface area contributed by atoms with Crippen LogP contribution in [0.4, 0.5) is 5.13 Å². The molecule has 150 valence electrons. The van der Waals surface area contributed by atoms with Gasteiger partial charge in [-0.15, -0.1) is 11.3 Å². The number of hydrogen-bond acceptors (Lipinski definition) is 6. The summed E-state index contributed by atoms with van der Waals surface area (Å²) in [6.07, 6.45) is 3.14. The summed E-state index contributed by atoms with van der Waals surface area (Å²) in [7, 11) is 3.16. The second-order valence-electron chi connectivity index (χ2n) is 5.93. The molecule has 0 radical (unpaired) electrons. The summed E-state index contributed by atoms with van der Waals surface area (Å²) < 4.78 is 16.0. The zero-order chi connectivity index (χ0) is 20.6. The Morgan fingerprint density at radius 1 is 1.10 bits per heavy atom. The Kier molecular flexibility index (Phi) is 6.86. The topological polar surface area (TPSA) is 69.7 Å². The van der Waals surface area contributed by atoms with Crippen molar-refractivity contribution in [3.05, 3.63) is 59.5 Å². The lowest BCUT2D eigenvalue weighted by atomic mass is 10.1. The summed E-state index contributed by atoms with van der Waals surface area (Å²) in [5, 5.41) is 5.22. The molecule has 6 nitrogen and oxygen atoms in total. The van der Waals surface area contributed by atoms with E-state index in [9.17, 15) is 4.79 Å². The van der Waals surface area contributed by atoms with Crippen molar-refractivity contribution in [2.24, 2.45) is 0 Å². The van der Waals surface area contributed by atoms with Crippen molar-refractivity contribution in [2.75, 3.05) is 26.1 Å². The van der Waals surface area contributed by atoms with Gasteiger partial charge in [-0.1, -0.05) is 0 Å². The van der Waals surface area contributed by atoms with Gasteiger partial charge >= 0.3 is 0 Å². The Morgan fingerprint density at radius 2 is 1.86 bits per heavy atom. The summed E-state index contributed by atoms with van der Waals surface area (Å²) in [5.41, 5.74) is 2.54. The van der Waals surface area contributed by atoms with E-state index in [0.29, 0.717) is 23.2 Å². The Balaban J connectivity index is 1.65. The highest BCUT2D eigenvalue weighted by atomic mass is 32.1. The molecule has 0 atom stereocenters. The molecule has 3 aromatic rings. The normalized spacial score (nSPS) is 10.7. The van der Waals surface area contributed by atoms with Gasteiger partial charge in [0.1, 0.15) is 17.2 Å². The number of methoxy groups -OCH3 is 2. The maximum Gasteiger partial charge on any atom is 0.250 e. The lowest BCUT2D eigenvalue weighted by molar-refractivity contribution is -0.111. The lowest BCUT2D eigenvalue weighted by Crippen LogP contribution is -2.07. The van der Waals surface area contributed by atoms with Crippen LogP contribution in [0.25, 0.3) is 17.3 Å². The van der Waals surface area contributed by atoms with Gasteiger partial charge in [-0.2, -0.15) is 0 Å². The van der Waals surface area contributed by atoms with Crippen molar-refractivity contribution in [1.29, 1.82) is 0 Å². The summed E-state index contributed by atoms with van der Waals surface area (Å²) in [6.45, 7) is 2.57. The van der Waals surface area contributed by atoms with Crippen molar-refractivity contribution in [1.82, 2.24) is 4.98 Å². The van der Waals surface area contributed by atoms with Gasteiger partial charge in [0.25, 0.3) is 0 Å². The first-order valence-corrected chi connectivity index (χ1v) is 9.90. The number of amides is 1. The van der Waals surface area contributed by atoms with Crippen molar-refractivity contribution >= 4 is 28.5 Å². The number of rotatable bonds is 8. The molecule has 0 fully saturated rings. The van der Waals surface area contributed by atoms with E-state index in [1.165, 1.54) is 17.4 Å². The third-order valence-corrected chi connectivity index (χ3v) is 4.81. The van der Waals surface area contributed by atoms with Crippen molar-refractivity contribution < 1.29 is 19.0 Å². The van der Waals surface area contributed by atoms with E-state index >= 15 is 0 Å². The third-order valence-electron chi connectivity index (χ3n) is 4.05. The highest BCUT2D eigenvalue weighted by molar-refractivity contribution is 7.14. The van der Waals surface area contributed by atoms with Gasteiger partial charge in [0.2, 0.25) is 5.91 Å². The van der Waals surface area contributed by atoms with Gasteiger partial charge in [0, 0.05) is 28.6 Å². The van der Waals surface area contributed by atoms with Gasteiger partial charge in [-0.05, 0) is 49.4 Å². The molecule has 0 aliphatic rings. The molecule has 29 heavy (non-hydrogen) atoms. The van der Waals surface area contributed by atoms with Crippen LogP contribution in [0.2, 0.25) is 0 Å². The fraction of sp³-hybridized carbons (Fsp3) is 0.182. The number of nitrogens with zero attached hydrogens (tertiary/aromatic N) is 1. The SMILES string of the molecule is CCOc1ccc(-c2csc(NC(=O)C=Cc3ccc(OC)cc3OC)n2)cc1. The predicted octanol–water partition coefficient (Wildman–Crippen LogP) is 4.88. The number of hydrogen-bond donors (Lipinski definition) is 1. The van der Waals surface area contributed by atoms with Gasteiger partial charge in [0.05, 0.1) is 26.5 Å². The first-order chi connectivity index (χ1) is 14.1. The van der Waals surface area contributed by atoms with E-state index in [2.05, 4.69) is 10.3 Å². The van der Waals surface area contributed by atoms with Crippen LogP contribution >= 0.6 is 11.3 Å². The van der Waals surface area contributed by atoms with E-state index in [1.54, 1.807) is 26.4 Å². The summed E-state index contributed by atoms with van der Waals surface area (Å²) in [6, 6.07) is 13.1. The average molecular weight is 410 g/mol. The molecule has 0 bridgehead atoms. The zero-order valence-electron chi connectivity index (χ0n) is 16.5. The van der Waals surface area contributed by atoms with Crippen LogP contribution in [0, 0.1) is 0 Å². The van der Waals surface area contributed by atoms with Crippen molar-refractivity contribution in [2.45, 2.75) is 6.92 Å². The fourth-order valence-electron chi connectivity index (χ4n) is 2.62. The smallest absolute Gasteiger partial charge is 0.250 e. The second kappa shape index (κ2) is 9.75. The van der Waals surface area contributed by atoms with Gasteiger partial charge in [-0.3, -0.25) is 10.1 Å². The fourth-order valence-corrected chi connectivity index (χ4v) is 3.34. The van der Waals surface area contributed by atoms with Gasteiger partial charge < -0.3 is 14.2 Å². The van der Waals surface area contributed by atoms with Crippen LogP contribution in [-0.2, 0) is 4.79 Å². The molecule has 2 aromatic carbocycles. The molecule has 0 spiro atoms. The molecule has 0 saturated carbocycles. The maximum absolute atomic E-state index is 12.3. The van der Waals surface area contributed by atoms with Crippen LogP contribution in [0.15, 0.2) is 53.9 Å². The quantitative estimate of drug-likeness (QED) is 0.536. The van der Waals surface area contributed by atoms with Crippen LogP contribution in [0.5, 0.6) is 17.2 Å². The standard InChI is InChI=1S/C22H22N2O4S/c1-4-28-17-9-5-15(6-10-17)19-14-29-22(23-19)24-21(25)12-8-16-7-11-18(26-2)13-20(16)27-3/h5-14H,4H2,1-3H3,(H,23,24,25). The van der Waals surface area contributed by atoms with E-state index in [1.807, 2.05) is 48.7 Å². The molecular weight excluding hydrogens is 388 g/mol. The van der Waals surface area contributed by atoms with Crippen LogP contribution in [0.1, 0.15) is 12.5 Å².